The van der Waals surface area contributed by atoms with E-state index in [2.05, 4.69) is 82.8 Å². The molecule has 0 radical (unpaired) electrons. The lowest BCUT2D eigenvalue weighted by molar-refractivity contribution is 0.223. The van der Waals surface area contributed by atoms with Gasteiger partial charge in [0.25, 0.3) is 0 Å². The Morgan fingerprint density at radius 3 is 2.61 bits per heavy atom. The molecule has 0 saturated carbocycles. The predicted molar refractivity (Wildman–Crippen MR) is 119 cm³/mol. The first-order valence-corrected chi connectivity index (χ1v) is 10.3. The summed E-state index contributed by atoms with van der Waals surface area (Å²) < 4.78 is 8.56. The molecule has 0 unspecified atom stereocenters. The van der Waals surface area contributed by atoms with Crippen molar-refractivity contribution < 1.29 is 4.74 Å². The highest BCUT2D eigenvalue weighted by molar-refractivity contribution is 5.85. The summed E-state index contributed by atoms with van der Waals surface area (Å²) in [6.45, 7) is 4.19. The van der Waals surface area contributed by atoms with E-state index in [4.69, 9.17) is 4.74 Å². The summed E-state index contributed by atoms with van der Waals surface area (Å²) in [7, 11) is 0. The maximum absolute atomic E-state index is 6.65. The van der Waals surface area contributed by atoms with Crippen molar-refractivity contribution in [1.29, 1.82) is 0 Å². The van der Waals surface area contributed by atoms with Crippen molar-refractivity contribution in [3.05, 3.63) is 107 Å². The lowest BCUT2D eigenvalue weighted by Gasteiger charge is -2.39. The average molecular weight is 407 g/mol. The first-order chi connectivity index (χ1) is 15.2. The van der Waals surface area contributed by atoms with E-state index >= 15 is 0 Å². The number of pyridine rings is 1. The van der Waals surface area contributed by atoms with E-state index < -0.39 is 0 Å². The quantitative estimate of drug-likeness (QED) is 0.515. The molecule has 6 nitrogen and oxygen atoms in total. The second kappa shape index (κ2) is 6.80. The van der Waals surface area contributed by atoms with Crippen molar-refractivity contribution in [2.24, 2.45) is 0 Å². The van der Waals surface area contributed by atoms with Crippen LogP contribution in [-0.2, 0) is 0 Å². The summed E-state index contributed by atoms with van der Waals surface area (Å²) in [6, 6.07) is 18.7. The van der Waals surface area contributed by atoms with Gasteiger partial charge in [0.05, 0.1) is 5.70 Å². The third kappa shape index (κ3) is 2.83. The zero-order valence-electron chi connectivity index (χ0n) is 17.3. The van der Waals surface area contributed by atoms with Crippen LogP contribution in [0.25, 0.3) is 5.70 Å². The number of aryl methyl sites for hydroxylation is 2. The van der Waals surface area contributed by atoms with Gasteiger partial charge in [-0.3, -0.25) is 4.98 Å². The Kier molecular flexibility index (Phi) is 3.93. The van der Waals surface area contributed by atoms with Gasteiger partial charge in [0.1, 0.15) is 24.2 Å². The summed E-state index contributed by atoms with van der Waals surface area (Å²) >= 11 is 0. The first kappa shape index (κ1) is 17.9. The van der Waals surface area contributed by atoms with E-state index in [0.29, 0.717) is 5.95 Å². The van der Waals surface area contributed by atoms with Crippen LogP contribution in [0.15, 0.2) is 78.9 Å². The predicted octanol–water partition coefficient (Wildman–Crippen LogP) is 4.85. The molecule has 152 valence electrons. The summed E-state index contributed by atoms with van der Waals surface area (Å²) in [5.74, 6) is 1.57. The Balaban J connectivity index is 1.64. The topological polar surface area (TPSA) is 64.9 Å². The van der Waals surface area contributed by atoms with E-state index in [1.165, 1.54) is 11.1 Å². The summed E-state index contributed by atoms with van der Waals surface area (Å²) in [6.07, 6.45) is 5.00. The SMILES string of the molecule is Cc1ccc([C@H]2Oc3ccc(C)cc3C3=C2[C@@H](c2cccnc2)n2ncnc2N3)cc1. The molecule has 2 atom stereocenters. The van der Waals surface area contributed by atoms with Crippen LogP contribution in [0.4, 0.5) is 5.95 Å². The smallest absolute Gasteiger partial charge is 0.226 e. The fourth-order valence-corrected chi connectivity index (χ4v) is 4.46. The zero-order valence-corrected chi connectivity index (χ0v) is 17.3. The van der Waals surface area contributed by atoms with Gasteiger partial charge < -0.3 is 10.1 Å². The number of nitrogens with zero attached hydrogens (tertiary/aromatic N) is 4. The van der Waals surface area contributed by atoms with Crippen molar-refractivity contribution in [3.63, 3.8) is 0 Å². The van der Waals surface area contributed by atoms with Crippen LogP contribution >= 0.6 is 0 Å². The van der Waals surface area contributed by atoms with E-state index in [9.17, 15) is 0 Å². The minimum absolute atomic E-state index is 0.178. The minimum atomic E-state index is -0.263. The molecule has 6 heteroatoms. The van der Waals surface area contributed by atoms with Crippen LogP contribution in [0, 0.1) is 13.8 Å². The second-order valence-corrected chi connectivity index (χ2v) is 8.08. The molecule has 2 aromatic carbocycles. The number of benzene rings is 2. The van der Waals surface area contributed by atoms with E-state index in [1.807, 2.05) is 16.9 Å². The van der Waals surface area contributed by atoms with Gasteiger partial charge in [-0.05, 0) is 43.2 Å². The standard InChI is InChI=1S/C25H21N5O/c1-15-5-8-17(9-6-15)24-21-22(19-12-16(2)7-10-20(19)31-24)29-25-27-14-28-30(25)23(21)18-4-3-11-26-13-18/h3-14,23-24H,1-2H3,(H,27,28,29)/t23-,24-/m1/s1. The van der Waals surface area contributed by atoms with Gasteiger partial charge in [-0.1, -0.05) is 47.5 Å². The van der Waals surface area contributed by atoms with E-state index in [-0.39, 0.29) is 12.1 Å². The number of hydrogen-bond acceptors (Lipinski definition) is 5. The maximum Gasteiger partial charge on any atom is 0.226 e. The first-order valence-electron chi connectivity index (χ1n) is 10.3. The second-order valence-electron chi connectivity index (χ2n) is 8.08. The Labute approximate surface area is 180 Å². The third-order valence-electron chi connectivity index (χ3n) is 5.95. The normalized spacial score (nSPS) is 19.0. The number of hydrogen-bond donors (Lipinski definition) is 1. The summed E-state index contributed by atoms with van der Waals surface area (Å²) in [4.78, 5) is 8.85. The van der Waals surface area contributed by atoms with Crippen molar-refractivity contribution >= 4 is 11.6 Å². The van der Waals surface area contributed by atoms with Gasteiger partial charge in [0.15, 0.2) is 0 Å². The number of nitrogens with one attached hydrogen (secondary N) is 1. The van der Waals surface area contributed by atoms with E-state index in [1.54, 1.807) is 12.5 Å². The highest BCUT2D eigenvalue weighted by Gasteiger charge is 2.41. The third-order valence-corrected chi connectivity index (χ3v) is 5.95. The Hall–Kier alpha value is -3.93. The molecule has 0 saturated heterocycles. The molecule has 4 heterocycles. The lowest BCUT2D eigenvalue weighted by atomic mass is 9.84. The van der Waals surface area contributed by atoms with Crippen molar-refractivity contribution in [3.8, 4) is 5.75 Å². The maximum atomic E-state index is 6.65. The van der Waals surface area contributed by atoms with Crippen molar-refractivity contribution in [2.75, 3.05) is 5.32 Å². The molecule has 0 aliphatic carbocycles. The molecular weight excluding hydrogens is 386 g/mol. The number of aromatic nitrogens is 4. The van der Waals surface area contributed by atoms with Crippen LogP contribution in [0.1, 0.15) is 40.0 Å². The van der Waals surface area contributed by atoms with Crippen LogP contribution in [0.3, 0.4) is 0 Å². The van der Waals surface area contributed by atoms with Gasteiger partial charge in [0.2, 0.25) is 5.95 Å². The molecule has 6 rings (SSSR count). The Bertz CT molecular complexity index is 1310. The molecule has 2 aliphatic heterocycles. The van der Waals surface area contributed by atoms with Crippen LogP contribution in [-0.4, -0.2) is 19.7 Å². The van der Waals surface area contributed by atoms with Crippen LogP contribution < -0.4 is 10.1 Å². The minimum Gasteiger partial charge on any atom is -0.480 e. The van der Waals surface area contributed by atoms with Crippen LogP contribution in [0.2, 0.25) is 0 Å². The summed E-state index contributed by atoms with van der Waals surface area (Å²) in [5.41, 5.74) is 7.71. The van der Waals surface area contributed by atoms with E-state index in [0.717, 1.165) is 33.7 Å². The molecular formula is C25H21N5O. The van der Waals surface area contributed by atoms with Gasteiger partial charge in [0, 0.05) is 23.5 Å². The molecule has 0 spiro atoms. The van der Waals surface area contributed by atoms with Crippen molar-refractivity contribution in [2.45, 2.75) is 26.0 Å². The van der Waals surface area contributed by atoms with Gasteiger partial charge in [-0.25, -0.2) is 4.68 Å². The van der Waals surface area contributed by atoms with Gasteiger partial charge in [-0.15, -0.1) is 0 Å². The highest BCUT2D eigenvalue weighted by atomic mass is 16.5. The number of ether oxygens (including phenoxy) is 1. The number of anilines is 1. The number of rotatable bonds is 2. The molecule has 31 heavy (non-hydrogen) atoms. The highest BCUT2D eigenvalue weighted by Crippen LogP contribution is 2.50. The Morgan fingerprint density at radius 2 is 1.81 bits per heavy atom. The molecule has 0 bridgehead atoms. The lowest BCUT2D eigenvalue weighted by Crippen LogP contribution is -2.32. The van der Waals surface area contributed by atoms with Gasteiger partial charge in [-0.2, -0.15) is 10.1 Å². The average Bonchev–Trinajstić information content (AvgIpc) is 3.27. The molecule has 4 aromatic rings. The summed E-state index contributed by atoms with van der Waals surface area (Å²) in [5, 5.41) is 8.09. The zero-order chi connectivity index (χ0) is 20.9. The fourth-order valence-electron chi connectivity index (χ4n) is 4.46. The monoisotopic (exact) mass is 407 g/mol. The molecule has 2 aliphatic rings. The largest absolute Gasteiger partial charge is 0.480 e. The van der Waals surface area contributed by atoms with Crippen LogP contribution in [0.5, 0.6) is 5.75 Å². The molecule has 0 fully saturated rings. The molecule has 0 amide bonds. The fraction of sp³-hybridized carbons (Fsp3) is 0.160. The number of fused-ring (bicyclic) bond motifs is 3. The van der Waals surface area contributed by atoms with Gasteiger partial charge >= 0.3 is 0 Å². The Morgan fingerprint density at radius 1 is 0.968 bits per heavy atom. The molecule has 2 aromatic heterocycles. The van der Waals surface area contributed by atoms with Crippen molar-refractivity contribution in [1.82, 2.24) is 19.7 Å². The molecule has 1 N–H and O–H groups in total.